The van der Waals surface area contributed by atoms with Crippen molar-refractivity contribution in [2.24, 2.45) is 0 Å². The van der Waals surface area contributed by atoms with Crippen LogP contribution in [0.3, 0.4) is 0 Å². The Labute approximate surface area is 172 Å². The summed E-state index contributed by atoms with van der Waals surface area (Å²) in [7, 11) is -3.93. The molecule has 0 saturated carbocycles. The van der Waals surface area contributed by atoms with Crippen molar-refractivity contribution < 1.29 is 22.7 Å². The van der Waals surface area contributed by atoms with Crippen molar-refractivity contribution >= 4 is 15.9 Å². The molecule has 0 bridgehead atoms. The number of hydrazine groups is 1. The van der Waals surface area contributed by atoms with Crippen molar-refractivity contribution in [3.8, 4) is 11.5 Å². The average molecular weight is 421 g/mol. The first-order chi connectivity index (χ1) is 13.6. The third-order valence-electron chi connectivity index (χ3n) is 4.69. The second-order valence-corrected chi connectivity index (χ2v) is 8.47. The molecule has 0 radical (unpaired) electrons. The van der Waals surface area contributed by atoms with Gasteiger partial charge < -0.3 is 9.47 Å². The van der Waals surface area contributed by atoms with Crippen LogP contribution in [0, 0.1) is 27.7 Å². The SMILES string of the molecule is CCOc1ccc(O[C@H](C)C(=O)NNS(=O)(=O)c2c(C)c(C)cc(C)c2C)cc1. The van der Waals surface area contributed by atoms with E-state index in [-0.39, 0.29) is 4.90 Å². The molecule has 7 nitrogen and oxygen atoms in total. The maximum Gasteiger partial charge on any atom is 0.275 e. The first-order valence-corrected chi connectivity index (χ1v) is 10.8. The maximum absolute atomic E-state index is 12.8. The summed E-state index contributed by atoms with van der Waals surface area (Å²) >= 11 is 0. The summed E-state index contributed by atoms with van der Waals surface area (Å²) in [5.74, 6) is 0.561. The van der Waals surface area contributed by atoms with Gasteiger partial charge in [-0.3, -0.25) is 10.2 Å². The Balaban J connectivity index is 2.06. The van der Waals surface area contributed by atoms with E-state index in [1.54, 1.807) is 38.1 Å². The molecule has 2 aromatic rings. The van der Waals surface area contributed by atoms with E-state index in [1.165, 1.54) is 6.92 Å². The summed E-state index contributed by atoms with van der Waals surface area (Å²) in [5, 5.41) is 0. The molecule has 0 unspecified atom stereocenters. The molecule has 1 amide bonds. The molecule has 0 aliphatic heterocycles. The number of benzene rings is 2. The number of hydrogen-bond acceptors (Lipinski definition) is 5. The van der Waals surface area contributed by atoms with Crippen molar-refractivity contribution in [3.63, 3.8) is 0 Å². The number of sulfonamides is 1. The predicted octanol–water partition coefficient (Wildman–Crippen LogP) is 3.10. The Morgan fingerprint density at radius 2 is 1.52 bits per heavy atom. The molecule has 0 aliphatic carbocycles. The summed E-state index contributed by atoms with van der Waals surface area (Å²) in [5.41, 5.74) is 5.27. The van der Waals surface area contributed by atoms with Gasteiger partial charge in [-0.15, -0.1) is 4.83 Å². The molecule has 0 spiro atoms. The Bertz CT molecular complexity index is 959. The lowest BCUT2D eigenvalue weighted by atomic mass is 10.0. The molecule has 29 heavy (non-hydrogen) atoms. The topological polar surface area (TPSA) is 93.7 Å². The summed E-state index contributed by atoms with van der Waals surface area (Å²) < 4.78 is 36.5. The van der Waals surface area contributed by atoms with E-state index in [1.807, 2.05) is 26.8 Å². The quantitative estimate of drug-likeness (QED) is 0.640. The van der Waals surface area contributed by atoms with Gasteiger partial charge in [0, 0.05) is 0 Å². The fourth-order valence-electron chi connectivity index (χ4n) is 2.89. The van der Waals surface area contributed by atoms with Gasteiger partial charge >= 0.3 is 0 Å². The van der Waals surface area contributed by atoms with Crippen LogP contribution in [0.1, 0.15) is 36.1 Å². The monoisotopic (exact) mass is 420 g/mol. The molecule has 2 aromatic carbocycles. The molecule has 0 aromatic heterocycles. The minimum absolute atomic E-state index is 0.176. The molecule has 8 heteroatoms. The van der Waals surface area contributed by atoms with Crippen LogP contribution in [0.4, 0.5) is 0 Å². The smallest absolute Gasteiger partial charge is 0.275 e. The van der Waals surface area contributed by atoms with Gasteiger partial charge in [0.2, 0.25) is 0 Å². The fourth-order valence-corrected chi connectivity index (χ4v) is 4.36. The van der Waals surface area contributed by atoms with Gasteiger partial charge in [0.25, 0.3) is 15.9 Å². The zero-order valence-corrected chi connectivity index (χ0v) is 18.4. The van der Waals surface area contributed by atoms with Gasteiger partial charge in [0.15, 0.2) is 6.10 Å². The maximum atomic E-state index is 12.8. The third kappa shape index (κ3) is 5.48. The van der Waals surface area contributed by atoms with Crippen LogP contribution in [-0.4, -0.2) is 27.0 Å². The summed E-state index contributed by atoms with van der Waals surface area (Å²) in [6.45, 7) is 11.2. The Kier molecular flexibility index (Phi) is 7.26. The number of carbonyl (C=O) groups excluding carboxylic acids is 1. The van der Waals surface area contributed by atoms with Gasteiger partial charge in [-0.1, -0.05) is 6.07 Å². The zero-order valence-electron chi connectivity index (χ0n) is 17.6. The van der Waals surface area contributed by atoms with Crippen LogP contribution in [0.2, 0.25) is 0 Å². The van der Waals surface area contributed by atoms with Crippen molar-refractivity contribution in [1.29, 1.82) is 0 Å². The van der Waals surface area contributed by atoms with Gasteiger partial charge in [-0.05, 0) is 88.1 Å². The number of ether oxygens (including phenoxy) is 2. The lowest BCUT2D eigenvalue weighted by Gasteiger charge is -2.18. The molecule has 2 N–H and O–H groups in total. The van der Waals surface area contributed by atoms with Crippen LogP contribution in [-0.2, 0) is 14.8 Å². The fraction of sp³-hybridized carbons (Fsp3) is 0.381. The van der Waals surface area contributed by atoms with E-state index in [0.29, 0.717) is 29.2 Å². The number of rotatable bonds is 8. The van der Waals surface area contributed by atoms with E-state index in [2.05, 4.69) is 10.3 Å². The van der Waals surface area contributed by atoms with E-state index in [0.717, 1.165) is 11.1 Å². The van der Waals surface area contributed by atoms with E-state index in [4.69, 9.17) is 9.47 Å². The first-order valence-electron chi connectivity index (χ1n) is 9.35. The highest BCUT2D eigenvalue weighted by Crippen LogP contribution is 2.25. The molecule has 2 rings (SSSR count). The molecule has 0 aliphatic rings. The normalized spacial score (nSPS) is 12.3. The Morgan fingerprint density at radius 1 is 1.00 bits per heavy atom. The van der Waals surface area contributed by atoms with Crippen molar-refractivity contribution in [1.82, 2.24) is 10.3 Å². The highest BCUT2D eigenvalue weighted by molar-refractivity contribution is 7.89. The lowest BCUT2D eigenvalue weighted by Crippen LogP contribution is -2.47. The first kappa shape index (κ1) is 22.7. The molecular formula is C21H28N2O5S. The van der Waals surface area contributed by atoms with Crippen molar-refractivity contribution in [2.45, 2.75) is 52.5 Å². The van der Waals surface area contributed by atoms with Gasteiger partial charge in [-0.25, -0.2) is 8.42 Å². The second-order valence-electron chi connectivity index (χ2n) is 6.85. The highest BCUT2D eigenvalue weighted by Gasteiger charge is 2.24. The minimum Gasteiger partial charge on any atom is -0.494 e. The van der Waals surface area contributed by atoms with Crippen LogP contribution in [0.15, 0.2) is 35.2 Å². The summed E-state index contributed by atoms with van der Waals surface area (Å²) in [6, 6.07) is 8.77. The molecule has 158 valence electrons. The Morgan fingerprint density at radius 3 is 2.03 bits per heavy atom. The van der Waals surface area contributed by atoms with Crippen LogP contribution < -0.4 is 19.7 Å². The number of hydrogen-bond donors (Lipinski definition) is 2. The van der Waals surface area contributed by atoms with E-state index < -0.39 is 22.0 Å². The molecule has 0 heterocycles. The van der Waals surface area contributed by atoms with Crippen LogP contribution in [0.5, 0.6) is 11.5 Å². The highest BCUT2D eigenvalue weighted by atomic mass is 32.2. The lowest BCUT2D eigenvalue weighted by molar-refractivity contribution is -0.127. The molecule has 0 fully saturated rings. The number of aryl methyl sites for hydroxylation is 2. The average Bonchev–Trinajstić information content (AvgIpc) is 2.66. The molecular weight excluding hydrogens is 392 g/mol. The standard InChI is InChI=1S/C21H28N2O5S/c1-7-27-18-8-10-19(11-9-18)28-17(6)21(24)22-23-29(25,26)20-15(4)13(2)12-14(3)16(20)5/h8-12,17,23H,7H2,1-6H3,(H,22,24)/t17-/m1/s1. The summed E-state index contributed by atoms with van der Waals surface area (Å²) in [6.07, 6.45) is -0.905. The third-order valence-corrected chi connectivity index (χ3v) is 6.21. The van der Waals surface area contributed by atoms with Gasteiger partial charge in [0.05, 0.1) is 11.5 Å². The minimum atomic E-state index is -3.93. The van der Waals surface area contributed by atoms with Crippen molar-refractivity contribution in [3.05, 3.63) is 52.6 Å². The number of amides is 1. The van der Waals surface area contributed by atoms with Gasteiger partial charge in [-0.2, -0.15) is 0 Å². The largest absolute Gasteiger partial charge is 0.494 e. The second kappa shape index (κ2) is 9.28. The number of nitrogens with one attached hydrogen (secondary N) is 2. The van der Waals surface area contributed by atoms with Crippen molar-refractivity contribution in [2.75, 3.05) is 6.61 Å². The summed E-state index contributed by atoms with van der Waals surface area (Å²) in [4.78, 5) is 14.7. The molecule has 1 atom stereocenters. The Hall–Kier alpha value is -2.58. The van der Waals surface area contributed by atoms with E-state index in [9.17, 15) is 13.2 Å². The van der Waals surface area contributed by atoms with Crippen LogP contribution in [0.25, 0.3) is 0 Å². The zero-order chi connectivity index (χ0) is 21.8. The molecule has 0 saturated heterocycles. The predicted molar refractivity (Wildman–Crippen MR) is 112 cm³/mol. The van der Waals surface area contributed by atoms with Crippen LogP contribution >= 0.6 is 0 Å². The van der Waals surface area contributed by atoms with E-state index >= 15 is 0 Å². The number of carbonyl (C=O) groups is 1. The van der Waals surface area contributed by atoms with Gasteiger partial charge in [0.1, 0.15) is 11.5 Å².